The predicted octanol–water partition coefficient (Wildman–Crippen LogP) is 4.71. The largest absolute Gasteiger partial charge is 0.355 e. The third-order valence-corrected chi connectivity index (χ3v) is 6.73. The Kier molecular flexibility index (Phi) is 7.99. The quantitative estimate of drug-likeness (QED) is 0.503. The van der Waals surface area contributed by atoms with Crippen LogP contribution in [-0.2, 0) is 29.1 Å². The molecule has 2 aromatic carbocycles. The van der Waals surface area contributed by atoms with Crippen molar-refractivity contribution in [3.8, 4) is 0 Å². The Morgan fingerprint density at radius 1 is 1.03 bits per heavy atom. The van der Waals surface area contributed by atoms with Gasteiger partial charge in [0.2, 0.25) is 11.8 Å². The summed E-state index contributed by atoms with van der Waals surface area (Å²) in [5.74, 6) is 0.945. The number of nitrogens with zero attached hydrogens (tertiary/aromatic N) is 3. The summed E-state index contributed by atoms with van der Waals surface area (Å²) in [4.78, 5) is 32.7. The van der Waals surface area contributed by atoms with Crippen LogP contribution in [-0.4, -0.2) is 38.9 Å². The Balaban J connectivity index is 1.56. The van der Waals surface area contributed by atoms with Crippen LogP contribution in [0.1, 0.15) is 57.3 Å². The smallest absolute Gasteiger partial charge is 0.243 e. The summed E-state index contributed by atoms with van der Waals surface area (Å²) < 4.78 is 2.04. The van der Waals surface area contributed by atoms with Gasteiger partial charge in [-0.1, -0.05) is 75.6 Å². The third-order valence-electron chi connectivity index (χ3n) is 6.73. The van der Waals surface area contributed by atoms with Crippen molar-refractivity contribution in [2.45, 2.75) is 71.5 Å². The predicted molar refractivity (Wildman–Crippen MR) is 135 cm³/mol. The maximum Gasteiger partial charge on any atom is 0.243 e. The first-order chi connectivity index (χ1) is 16.5. The topological polar surface area (TPSA) is 67.2 Å². The fraction of sp³-hybridized carbons (Fsp3) is 0.464. The van der Waals surface area contributed by atoms with Crippen molar-refractivity contribution in [1.82, 2.24) is 19.8 Å². The lowest BCUT2D eigenvalue weighted by molar-refractivity contribution is -0.135. The zero-order chi connectivity index (χ0) is 23.9. The summed E-state index contributed by atoms with van der Waals surface area (Å²) >= 11 is 0. The Bertz CT molecular complexity index is 1100. The van der Waals surface area contributed by atoms with Crippen LogP contribution in [0.5, 0.6) is 0 Å². The van der Waals surface area contributed by atoms with E-state index in [9.17, 15) is 9.59 Å². The van der Waals surface area contributed by atoms with Crippen LogP contribution in [0, 0.1) is 5.92 Å². The summed E-state index contributed by atoms with van der Waals surface area (Å²) in [6, 6.07) is 18.5. The van der Waals surface area contributed by atoms with E-state index in [1.807, 2.05) is 60.9 Å². The van der Waals surface area contributed by atoms with E-state index in [0.29, 0.717) is 19.5 Å². The van der Waals surface area contributed by atoms with Crippen molar-refractivity contribution in [2.75, 3.05) is 6.54 Å². The highest BCUT2D eigenvalue weighted by atomic mass is 16.2. The van der Waals surface area contributed by atoms with Gasteiger partial charge in [-0.25, -0.2) is 4.98 Å². The molecule has 1 N–H and O–H groups in total. The van der Waals surface area contributed by atoms with Gasteiger partial charge in [0.1, 0.15) is 12.4 Å². The summed E-state index contributed by atoms with van der Waals surface area (Å²) in [5.41, 5.74) is 3.01. The normalized spacial score (nSPS) is 14.4. The molecule has 1 aromatic heterocycles. The van der Waals surface area contributed by atoms with E-state index in [1.54, 1.807) is 0 Å². The van der Waals surface area contributed by atoms with Crippen molar-refractivity contribution in [3.63, 3.8) is 0 Å². The van der Waals surface area contributed by atoms with Crippen LogP contribution in [0.2, 0.25) is 0 Å². The number of rotatable bonds is 9. The molecule has 6 heteroatoms. The minimum atomic E-state index is -0.0533. The lowest BCUT2D eigenvalue weighted by Crippen LogP contribution is -2.42. The SMILES string of the molecule is CC(C)C(=O)NCCc1nc2ccccc2n1CC(=O)N(Cc1ccccc1)C1CCCCC1. The van der Waals surface area contributed by atoms with E-state index in [4.69, 9.17) is 4.98 Å². The van der Waals surface area contributed by atoms with Gasteiger partial charge in [0.25, 0.3) is 0 Å². The van der Waals surface area contributed by atoms with Crippen molar-refractivity contribution in [1.29, 1.82) is 0 Å². The van der Waals surface area contributed by atoms with Crippen LogP contribution < -0.4 is 5.32 Å². The summed E-state index contributed by atoms with van der Waals surface area (Å²) in [6.45, 7) is 5.17. The minimum absolute atomic E-state index is 0.0325. The average molecular weight is 461 g/mol. The Morgan fingerprint density at radius 3 is 2.47 bits per heavy atom. The van der Waals surface area contributed by atoms with Gasteiger partial charge in [-0.05, 0) is 30.5 Å². The zero-order valence-corrected chi connectivity index (χ0v) is 20.4. The summed E-state index contributed by atoms with van der Waals surface area (Å²) in [7, 11) is 0. The number of hydrogen-bond donors (Lipinski definition) is 1. The van der Waals surface area contributed by atoms with E-state index < -0.39 is 0 Å². The molecule has 34 heavy (non-hydrogen) atoms. The molecule has 0 unspecified atom stereocenters. The Hall–Kier alpha value is -3.15. The number of hydrogen-bond acceptors (Lipinski definition) is 3. The first kappa shape index (κ1) is 24.0. The number of amides is 2. The molecule has 1 fully saturated rings. The molecular weight excluding hydrogens is 424 g/mol. The molecule has 3 aromatic rings. The third kappa shape index (κ3) is 5.85. The molecule has 0 saturated heterocycles. The van der Waals surface area contributed by atoms with Gasteiger partial charge < -0.3 is 14.8 Å². The number of aromatic nitrogens is 2. The zero-order valence-electron chi connectivity index (χ0n) is 20.4. The molecule has 1 aliphatic rings. The van der Waals surface area contributed by atoms with Crippen molar-refractivity contribution in [3.05, 3.63) is 66.0 Å². The molecule has 1 heterocycles. The lowest BCUT2D eigenvalue weighted by atomic mass is 9.93. The molecule has 180 valence electrons. The molecule has 2 amide bonds. The fourth-order valence-corrected chi connectivity index (χ4v) is 4.81. The molecule has 6 nitrogen and oxygen atoms in total. The highest BCUT2D eigenvalue weighted by Gasteiger charge is 2.27. The monoisotopic (exact) mass is 460 g/mol. The number of nitrogens with one attached hydrogen (secondary N) is 1. The molecule has 0 bridgehead atoms. The maximum absolute atomic E-state index is 13.8. The second kappa shape index (κ2) is 11.3. The van der Waals surface area contributed by atoms with Crippen LogP contribution in [0.3, 0.4) is 0 Å². The molecule has 1 aliphatic carbocycles. The second-order valence-electron chi connectivity index (χ2n) is 9.60. The van der Waals surface area contributed by atoms with Crippen LogP contribution in [0.4, 0.5) is 0 Å². The minimum Gasteiger partial charge on any atom is -0.355 e. The standard InChI is InChI=1S/C28H36N4O2/c1-21(2)28(34)29-18-17-26-30-24-15-9-10-16-25(24)32(26)20-27(33)31(23-13-7-4-8-14-23)19-22-11-5-3-6-12-22/h3,5-6,9-12,15-16,21,23H,4,7-8,13-14,17-20H2,1-2H3,(H,29,34). The summed E-state index contributed by atoms with van der Waals surface area (Å²) in [5, 5.41) is 2.97. The van der Waals surface area contributed by atoms with Crippen LogP contribution in [0.15, 0.2) is 54.6 Å². The molecular formula is C28H36N4O2. The molecule has 0 atom stereocenters. The summed E-state index contributed by atoms with van der Waals surface area (Å²) in [6.07, 6.45) is 6.33. The lowest BCUT2D eigenvalue weighted by Gasteiger charge is -2.35. The van der Waals surface area contributed by atoms with Gasteiger partial charge in [-0.2, -0.15) is 0 Å². The molecule has 4 rings (SSSR count). The van der Waals surface area contributed by atoms with Gasteiger partial charge in [0.05, 0.1) is 11.0 Å². The fourth-order valence-electron chi connectivity index (χ4n) is 4.81. The van der Waals surface area contributed by atoms with E-state index in [0.717, 1.165) is 35.3 Å². The van der Waals surface area contributed by atoms with E-state index in [-0.39, 0.29) is 30.3 Å². The number of para-hydroxylation sites is 2. The van der Waals surface area contributed by atoms with Crippen molar-refractivity contribution in [2.24, 2.45) is 5.92 Å². The Labute approximate surface area is 202 Å². The van der Waals surface area contributed by atoms with E-state index in [1.165, 1.54) is 19.3 Å². The number of carbonyl (C=O) groups is 2. The van der Waals surface area contributed by atoms with Gasteiger partial charge in [-0.15, -0.1) is 0 Å². The maximum atomic E-state index is 13.8. The number of carbonyl (C=O) groups excluding carboxylic acids is 2. The van der Waals surface area contributed by atoms with Crippen molar-refractivity contribution < 1.29 is 9.59 Å². The number of fused-ring (bicyclic) bond motifs is 1. The number of benzene rings is 2. The molecule has 0 radical (unpaired) electrons. The first-order valence-corrected chi connectivity index (χ1v) is 12.6. The Morgan fingerprint density at radius 2 is 1.74 bits per heavy atom. The van der Waals surface area contributed by atoms with Crippen molar-refractivity contribution >= 4 is 22.8 Å². The van der Waals surface area contributed by atoms with Gasteiger partial charge in [-0.3, -0.25) is 9.59 Å². The van der Waals surface area contributed by atoms with Gasteiger partial charge in [0, 0.05) is 31.5 Å². The van der Waals surface area contributed by atoms with Gasteiger partial charge >= 0.3 is 0 Å². The van der Waals surface area contributed by atoms with E-state index in [2.05, 4.69) is 22.3 Å². The van der Waals surface area contributed by atoms with Crippen LogP contribution in [0.25, 0.3) is 11.0 Å². The second-order valence-corrected chi connectivity index (χ2v) is 9.60. The average Bonchev–Trinajstić information content (AvgIpc) is 3.20. The first-order valence-electron chi connectivity index (χ1n) is 12.6. The number of imidazole rings is 1. The highest BCUT2D eigenvalue weighted by Crippen LogP contribution is 2.25. The molecule has 1 saturated carbocycles. The highest BCUT2D eigenvalue weighted by molar-refractivity contribution is 5.81. The van der Waals surface area contributed by atoms with Gasteiger partial charge in [0.15, 0.2) is 0 Å². The van der Waals surface area contributed by atoms with Crippen LogP contribution >= 0.6 is 0 Å². The van der Waals surface area contributed by atoms with E-state index >= 15 is 0 Å². The molecule has 0 aliphatic heterocycles. The molecule has 0 spiro atoms.